The Hall–Kier alpha value is -5.97. The summed E-state index contributed by atoms with van der Waals surface area (Å²) in [7, 11) is 0. The fraction of sp³-hybridized carbons (Fsp3) is 0.185. The molecule has 0 aromatic heterocycles. The highest BCUT2D eigenvalue weighted by molar-refractivity contribution is 8.01. The second-order valence-corrected chi connectivity index (χ2v) is 17.7. The van der Waals surface area contributed by atoms with Gasteiger partial charge in [0.25, 0.3) is 0 Å². The van der Waals surface area contributed by atoms with Gasteiger partial charge in [-0.1, -0.05) is 158 Å². The van der Waals surface area contributed by atoms with Crippen LogP contribution in [0.25, 0.3) is 11.1 Å². The molecule has 3 nitrogen and oxygen atoms in total. The first kappa shape index (κ1) is 34.1. The zero-order valence-electron chi connectivity index (χ0n) is 32.2. The van der Waals surface area contributed by atoms with E-state index in [1.165, 1.54) is 61.0 Å². The molecule has 0 saturated heterocycles. The predicted molar refractivity (Wildman–Crippen MR) is 240 cm³/mol. The van der Waals surface area contributed by atoms with Crippen LogP contribution in [0.3, 0.4) is 0 Å². The van der Waals surface area contributed by atoms with Gasteiger partial charge in [0.2, 0.25) is 0 Å². The number of ether oxygens (including phenoxy) is 1. The number of nitrogens with zero attached hydrogens (tertiary/aromatic N) is 2. The lowest BCUT2D eigenvalue weighted by atomic mass is 9.81. The average molecular weight is 769 g/mol. The molecule has 0 radical (unpaired) electrons. The molecular formula is C54H44N2OS. The molecule has 5 aliphatic carbocycles. The van der Waals surface area contributed by atoms with Crippen molar-refractivity contribution in [2.45, 2.75) is 53.1 Å². The second kappa shape index (κ2) is 13.9. The van der Waals surface area contributed by atoms with Crippen molar-refractivity contribution < 1.29 is 4.74 Å². The van der Waals surface area contributed by atoms with Crippen molar-refractivity contribution in [3.63, 3.8) is 0 Å². The Morgan fingerprint density at radius 1 is 0.638 bits per heavy atom. The molecule has 0 fully saturated rings. The van der Waals surface area contributed by atoms with Crippen LogP contribution in [0.2, 0.25) is 0 Å². The van der Waals surface area contributed by atoms with Crippen molar-refractivity contribution in [3.05, 3.63) is 228 Å². The number of benzene rings is 4. The normalized spacial score (nSPS) is 29.1. The largest absolute Gasteiger partial charge is 0.483 e. The number of para-hydroxylation sites is 3. The lowest BCUT2D eigenvalue weighted by Crippen LogP contribution is -2.49. The van der Waals surface area contributed by atoms with E-state index < -0.39 is 0 Å². The van der Waals surface area contributed by atoms with E-state index in [-0.39, 0.29) is 24.2 Å². The summed E-state index contributed by atoms with van der Waals surface area (Å²) in [5.41, 5.74) is 13.4. The van der Waals surface area contributed by atoms with Gasteiger partial charge in [-0.25, -0.2) is 0 Å². The number of thioether (sulfide) groups is 1. The van der Waals surface area contributed by atoms with Crippen molar-refractivity contribution in [2.75, 3.05) is 4.90 Å². The molecule has 0 saturated carbocycles. The third-order valence-electron chi connectivity index (χ3n) is 13.4. The number of fused-ring (bicyclic) bond motifs is 9. The number of anilines is 2. The van der Waals surface area contributed by atoms with Crippen LogP contribution < -0.4 is 9.64 Å². The summed E-state index contributed by atoms with van der Waals surface area (Å²) in [5, 5.41) is 0.419. The van der Waals surface area contributed by atoms with Crippen LogP contribution in [0, 0.1) is 11.8 Å². The minimum absolute atomic E-state index is 0.0550. The van der Waals surface area contributed by atoms with E-state index in [0.717, 1.165) is 18.6 Å². The standard InChI is InChI=1S/C54H44N2OS/c1-2-12-38(13-3-1)56-48-20-7-4-14-42(48)43-33-28-37(34-50(43)56)35-24-29-39(30-25-35)55(49-21-11-18-46-44-15-5-8-22-51(44)57-53(46)49)40-31-26-36(27-32-40)41-17-10-19-47-45-16-6-9-23-52(45)58-54(41)47/h1-24,26-31,33-35,40-41,43,49-50,53-54H,25,32H2. The molecular weight excluding hydrogens is 725 g/mol. The number of allylic oxidation sites excluding steroid dienone is 12. The predicted octanol–water partition coefficient (Wildman–Crippen LogP) is 12.3. The van der Waals surface area contributed by atoms with Crippen LogP contribution >= 0.6 is 11.8 Å². The highest BCUT2D eigenvalue weighted by Gasteiger charge is 2.43. The monoisotopic (exact) mass is 768 g/mol. The number of hydrogen-bond donors (Lipinski definition) is 0. The maximum Gasteiger partial charge on any atom is 0.148 e. The third kappa shape index (κ3) is 5.49. The van der Waals surface area contributed by atoms with Crippen molar-refractivity contribution >= 4 is 34.3 Å². The molecule has 282 valence electrons. The zero-order valence-corrected chi connectivity index (χ0v) is 33.0. The van der Waals surface area contributed by atoms with Gasteiger partial charge in [0.1, 0.15) is 11.9 Å². The second-order valence-electron chi connectivity index (χ2n) is 16.5. The van der Waals surface area contributed by atoms with Gasteiger partial charge in [-0.2, -0.15) is 0 Å². The van der Waals surface area contributed by atoms with Gasteiger partial charge in [0.05, 0.1) is 18.1 Å². The molecule has 12 rings (SSSR count). The van der Waals surface area contributed by atoms with Crippen molar-refractivity contribution in [1.29, 1.82) is 0 Å². The van der Waals surface area contributed by atoms with Crippen molar-refractivity contribution in [2.24, 2.45) is 11.8 Å². The Morgan fingerprint density at radius 2 is 1.43 bits per heavy atom. The maximum absolute atomic E-state index is 6.82. The van der Waals surface area contributed by atoms with E-state index in [1.54, 1.807) is 0 Å². The van der Waals surface area contributed by atoms with Crippen LogP contribution in [0.15, 0.2) is 216 Å². The first-order valence-corrected chi connectivity index (χ1v) is 21.8. The van der Waals surface area contributed by atoms with Crippen LogP contribution in [0.1, 0.15) is 35.4 Å². The Kier molecular flexibility index (Phi) is 8.14. The summed E-state index contributed by atoms with van der Waals surface area (Å²) in [5.74, 6) is 2.00. The molecule has 4 aromatic carbocycles. The lowest BCUT2D eigenvalue weighted by molar-refractivity contribution is 0.144. The summed E-state index contributed by atoms with van der Waals surface area (Å²) in [4.78, 5) is 6.60. The molecule has 4 aromatic rings. The Balaban J connectivity index is 0.837. The van der Waals surface area contributed by atoms with Gasteiger partial charge in [-0.05, 0) is 77.1 Å². The van der Waals surface area contributed by atoms with E-state index in [1.807, 2.05) is 11.8 Å². The van der Waals surface area contributed by atoms with Gasteiger partial charge in [0, 0.05) is 56.1 Å². The minimum atomic E-state index is -0.0653. The highest BCUT2D eigenvalue weighted by Crippen LogP contribution is 2.53. The van der Waals surface area contributed by atoms with Crippen LogP contribution in [-0.4, -0.2) is 34.4 Å². The average Bonchev–Trinajstić information content (AvgIpc) is 3.97. The van der Waals surface area contributed by atoms with Crippen LogP contribution in [0.5, 0.6) is 5.75 Å². The molecule has 8 unspecified atom stereocenters. The van der Waals surface area contributed by atoms with E-state index in [0.29, 0.717) is 23.0 Å². The van der Waals surface area contributed by atoms with E-state index in [2.05, 4.69) is 204 Å². The van der Waals surface area contributed by atoms with Gasteiger partial charge >= 0.3 is 0 Å². The maximum atomic E-state index is 6.82. The van der Waals surface area contributed by atoms with Gasteiger partial charge < -0.3 is 14.5 Å². The van der Waals surface area contributed by atoms with Crippen LogP contribution in [-0.2, 0) is 0 Å². The molecule has 58 heavy (non-hydrogen) atoms. The number of hydrogen-bond acceptors (Lipinski definition) is 4. The molecule has 0 spiro atoms. The lowest BCUT2D eigenvalue weighted by Gasteiger charge is -2.43. The smallest absolute Gasteiger partial charge is 0.148 e. The molecule has 0 bridgehead atoms. The van der Waals surface area contributed by atoms with Crippen LogP contribution in [0.4, 0.5) is 11.4 Å². The molecule has 0 amide bonds. The van der Waals surface area contributed by atoms with Gasteiger partial charge in [0.15, 0.2) is 0 Å². The van der Waals surface area contributed by atoms with E-state index in [4.69, 9.17) is 4.74 Å². The summed E-state index contributed by atoms with van der Waals surface area (Å²) in [6, 6.07) is 37.8. The van der Waals surface area contributed by atoms with Crippen molar-refractivity contribution in [3.8, 4) is 5.75 Å². The molecule has 8 atom stereocenters. The summed E-state index contributed by atoms with van der Waals surface area (Å²) < 4.78 is 6.82. The Morgan fingerprint density at radius 3 is 2.31 bits per heavy atom. The van der Waals surface area contributed by atoms with Gasteiger partial charge in [-0.15, -0.1) is 11.8 Å². The summed E-state index contributed by atoms with van der Waals surface area (Å²) >= 11 is 2.02. The van der Waals surface area contributed by atoms with Crippen molar-refractivity contribution in [1.82, 2.24) is 4.90 Å². The fourth-order valence-electron chi connectivity index (χ4n) is 10.7. The summed E-state index contributed by atoms with van der Waals surface area (Å²) in [6.07, 6.45) is 37.9. The zero-order chi connectivity index (χ0) is 38.2. The Labute approximate surface area is 345 Å². The fourth-order valence-corrected chi connectivity index (χ4v) is 12.2. The molecule has 3 heterocycles. The molecule has 8 aliphatic rings. The third-order valence-corrected chi connectivity index (χ3v) is 14.8. The quantitative estimate of drug-likeness (QED) is 0.194. The first-order chi connectivity index (χ1) is 28.8. The SMILES string of the molecule is C1=CC(C2=CCC(N(C3=CCC(C4=CC5C(C=C4)c4ccccc4N5c4ccccc4)C=C3)C3C=CC=C4c5ccccc5OC43)C=C2)C2Sc3ccccc3C2=C1. The van der Waals surface area contributed by atoms with E-state index >= 15 is 0 Å². The molecule has 0 N–H and O–H groups in total. The first-order valence-electron chi connectivity index (χ1n) is 20.9. The number of rotatable bonds is 6. The minimum Gasteiger partial charge on any atom is -0.483 e. The topological polar surface area (TPSA) is 15.7 Å². The molecule has 4 heteroatoms. The Bertz CT molecular complexity index is 2650. The van der Waals surface area contributed by atoms with E-state index in [9.17, 15) is 0 Å². The highest BCUT2D eigenvalue weighted by atomic mass is 32.2. The van der Waals surface area contributed by atoms with Gasteiger partial charge in [-0.3, -0.25) is 0 Å². The summed E-state index contributed by atoms with van der Waals surface area (Å²) in [6.45, 7) is 0. The molecule has 3 aliphatic heterocycles.